The maximum Gasteiger partial charge on any atom is 0.0715 e. The van der Waals surface area contributed by atoms with Crippen molar-refractivity contribution in [2.24, 2.45) is 0 Å². The van der Waals surface area contributed by atoms with Gasteiger partial charge in [-0.3, -0.25) is 0 Å². The molecule has 4 heteroatoms. The largest absolute Gasteiger partial charge is 0.545 e. The molecule has 0 fully saturated rings. The van der Waals surface area contributed by atoms with E-state index in [9.17, 15) is 19.8 Å². The number of rotatable bonds is 5. The first-order valence-electron chi connectivity index (χ1n) is 5.66. The maximum atomic E-state index is 10.2. The lowest BCUT2D eigenvalue weighted by Crippen LogP contribution is -2.24. The number of aromatic carboxylic acids is 2. The van der Waals surface area contributed by atoms with Gasteiger partial charge in [-0.25, -0.2) is 0 Å². The summed E-state index contributed by atoms with van der Waals surface area (Å²) in [7, 11) is 0. The predicted octanol–water partition coefficient (Wildman–Crippen LogP) is 0.776. The van der Waals surface area contributed by atoms with Gasteiger partial charge in [0, 0.05) is 0 Å². The summed E-state index contributed by atoms with van der Waals surface area (Å²) in [6.45, 7) is 5.78. The fourth-order valence-corrected chi connectivity index (χ4v) is 1.09. The molecule has 0 atom stereocenters. The smallest absolute Gasteiger partial charge is 0.0715 e. The molecule has 0 saturated heterocycles. The lowest BCUT2D eigenvalue weighted by atomic mass is 10.1. The minimum atomic E-state index is -1.33. The fraction of sp³-hybridized carbons (Fsp3) is 0.286. The number of allylic oxidation sites excluding steroid dienone is 1. The number of carboxylic acids is 2. The van der Waals surface area contributed by atoms with Crippen LogP contribution in [0, 0.1) is 0 Å². The average molecular weight is 248 g/mol. The summed E-state index contributed by atoms with van der Waals surface area (Å²) in [6.07, 6.45) is 5.72. The van der Waals surface area contributed by atoms with Crippen LogP contribution in [0.5, 0.6) is 0 Å². The van der Waals surface area contributed by atoms with E-state index in [1.807, 2.05) is 6.08 Å². The van der Waals surface area contributed by atoms with Gasteiger partial charge in [0.15, 0.2) is 0 Å². The average Bonchev–Trinajstić information content (AvgIpc) is 2.37. The van der Waals surface area contributed by atoms with Crippen molar-refractivity contribution in [1.29, 1.82) is 0 Å². The summed E-state index contributed by atoms with van der Waals surface area (Å²) >= 11 is 0. The van der Waals surface area contributed by atoms with Gasteiger partial charge in [-0.05, 0) is 17.5 Å². The van der Waals surface area contributed by atoms with E-state index in [2.05, 4.69) is 13.5 Å². The molecule has 0 amide bonds. The molecular weight excluding hydrogens is 232 g/mol. The van der Waals surface area contributed by atoms with Crippen molar-refractivity contribution >= 4 is 11.9 Å². The molecule has 1 aromatic carbocycles. The van der Waals surface area contributed by atoms with Crippen LogP contribution < -0.4 is 10.2 Å². The van der Waals surface area contributed by atoms with Gasteiger partial charge in [-0.15, -0.1) is 6.58 Å². The zero-order valence-electron chi connectivity index (χ0n) is 10.3. The molecule has 0 radical (unpaired) electrons. The number of unbranched alkanes of at least 4 members (excludes halogenated alkanes) is 2. The molecule has 0 aromatic heterocycles. The van der Waals surface area contributed by atoms with Gasteiger partial charge >= 0.3 is 0 Å². The molecule has 0 aliphatic carbocycles. The monoisotopic (exact) mass is 248 g/mol. The second-order valence-electron chi connectivity index (χ2n) is 3.58. The van der Waals surface area contributed by atoms with Gasteiger partial charge in [0.1, 0.15) is 0 Å². The van der Waals surface area contributed by atoms with Crippen molar-refractivity contribution in [3.05, 3.63) is 48.0 Å². The molecule has 0 spiro atoms. The molecule has 4 nitrogen and oxygen atoms in total. The van der Waals surface area contributed by atoms with Crippen molar-refractivity contribution in [2.45, 2.75) is 26.2 Å². The van der Waals surface area contributed by atoms with Crippen molar-refractivity contribution < 1.29 is 19.8 Å². The van der Waals surface area contributed by atoms with E-state index in [0.717, 1.165) is 24.3 Å². The number of carbonyl (C=O) groups excluding carboxylic acids is 2. The molecule has 1 aromatic rings. The quantitative estimate of drug-likeness (QED) is 0.569. The number of hydrogen-bond donors (Lipinski definition) is 0. The van der Waals surface area contributed by atoms with Crippen LogP contribution in [0.2, 0.25) is 0 Å². The van der Waals surface area contributed by atoms with E-state index < -0.39 is 11.9 Å². The Morgan fingerprint density at radius 2 is 1.50 bits per heavy atom. The van der Waals surface area contributed by atoms with Crippen molar-refractivity contribution in [2.75, 3.05) is 0 Å². The Bertz CT molecular complexity index is 360. The van der Waals surface area contributed by atoms with Crippen molar-refractivity contribution in [3.8, 4) is 0 Å². The highest BCUT2D eigenvalue weighted by atomic mass is 16.4. The van der Waals surface area contributed by atoms with Crippen LogP contribution in [0.15, 0.2) is 36.9 Å². The van der Waals surface area contributed by atoms with Crippen molar-refractivity contribution in [1.82, 2.24) is 0 Å². The van der Waals surface area contributed by atoms with Crippen molar-refractivity contribution in [3.63, 3.8) is 0 Å². The lowest BCUT2D eigenvalue weighted by Gasteiger charge is -2.04. The predicted molar refractivity (Wildman–Crippen MR) is 64.8 cm³/mol. The highest BCUT2D eigenvalue weighted by Gasteiger charge is 1.94. The summed E-state index contributed by atoms with van der Waals surface area (Å²) < 4.78 is 0. The summed E-state index contributed by atoms with van der Waals surface area (Å²) in [5, 5.41) is 20.4. The van der Waals surface area contributed by atoms with Crippen LogP contribution in [-0.4, -0.2) is 11.9 Å². The molecule has 98 valence electrons. The zero-order chi connectivity index (χ0) is 14.0. The van der Waals surface area contributed by atoms with E-state index >= 15 is 0 Å². The number of carbonyl (C=O) groups is 2. The van der Waals surface area contributed by atoms with Gasteiger partial charge in [-0.2, -0.15) is 0 Å². The van der Waals surface area contributed by atoms with E-state index in [-0.39, 0.29) is 11.1 Å². The van der Waals surface area contributed by atoms with Crippen LogP contribution in [0.4, 0.5) is 0 Å². The molecule has 0 heterocycles. The molecule has 0 saturated carbocycles. The Balaban J connectivity index is 0.000000411. The second-order valence-corrected chi connectivity index (χ2v) is 3.58. The number of carboxylic acid groups (broad SMARTS) is 2. The normalized spacial score (nSPS) is 8.94. The third-order valence-corrected chi connectivity index (χ3v) is 2.12. The number of benzene rings is 1. The Hall–Kier alpha value is -2.10. The zero-order valence-corrected chi connectivity index (χ0v) is 10.3. The highest BCUT2D eigenvalue weighted by molar-refractivity contribution is 5.89. The molecule has 18 heavy (non-hydrogen) atoms. The first-order valence-corrected chi connectivity index (χ1v) is 5.66. The third-order valence-electron chi connectivity index (χ3n) is 2.12. The summed E-state index contributed by atoms with van der Waals surface area (Å²) in [5.41, 5.74) is -0.111. The summed E-state index contributed by atoms with van der Waals surface area (Å²) in [4.78, 5) is 20.4. The first-order chi connectivity index (χ1) is 8.52. The fourth-order valence-electron chi connectivity index (χ4n) is 1.09. The minimum Gasteiger partial charge on any atom is -0.545 e. The van der Waals surface area contributed by atoms with Crippen LogP contribution in [0.25, 0.3) is 0 Å². The molecule has 0 aliphatic rings. The summed E-state index contributed by atoms with van der Waals surface area (Å²) in [6, 6.07) is 4.61. The topological polar surface area (TPSA) is 80.3 Å². The van der Waals surface area contributed by atoms with E-state index in [0.29, 0.717) is 0 Å². The van der Waals surface area contributed by atoms with E-state index in [1.54, 1.807) is 0 Å². The first kappa shape index (κ1) is 15.9. The van der Waals surface area contributed by atoms with Crippen LogP contribution in [0.3, 0.4) is 0 Å². The third kappa shape index (κ3) is 6.48. The highest BCUT2D eigenvalue weighted by Crippen LogP contribution is 2.01. The van der Waals surface area contributed by atoms with Crippen LogP contribution >= 0.6 is 0 Å². The maximum absolute atomic E-state index is 10.2. The Labute approximate surface area is 107 Å². The Kier molecular flexibility index (Phi) is 7.94. The van der Waals surface area contributed by atoms with E-state index in [4.69, 9.17) is 0 Å². The standard InChI is InChI=1S/C8H6O4.C6H12/c9-7(10)5-1-2-6(4-3-5)8(11)12;1-3-5-6-4-2/h1-4H,(H,9,10)(H,11,12);3H,1,4-6H2,2H3/p-2. The lowest BCUT2D eigenvalue weighted by molar-refractivity contribution is -0.256. The molecule has 0 unspecified atom stereocenters. The van der Waals surface area contributed by atoms with Gasteiger partial charge in [0.05, 0.1) is 11.9 Å². The van der Waals surface area contributed by atoms with E-state index in [1.165, 1.54) is 19.3 Å². The second kappa shape index (κ2) is 8.98. The molecule has 1 rings (SSSR count). The summed E-state index contributed by atoms with van der Waals surface area (Å²) in [5.74, 6) is -2.67. The molecule has 0 N–H and O–H groups in total. The molecular formula is C14H16O4-2. The molecule has 0 aliphatic heterocycles. The SMILES string of the molecule is C=CCCCC.O=C([O-])c1ccc(C(=O)[O-])cc1. The minimum absolute atomic E-state index is 0.0556. The molecule has 0 bridgehead atoms. The van der Waals surface area contributed by atoms with Gasteiger partial charge in [0.25, 0.3) is 0 Å². The van der Waals surface area contributed by atoms with Gasteiger partial charge in [-0.1, -0.05) is 50.1 Å². The number of hydrogen-bond acceptors (Lipinski definition) is 4. The van der Waals surface area contributed by atoms with Crippen LogP contribution in [-0.2, 0) is 0 Å². The van der Waals surface area contributed by atoms with Crippen LogP contribution in [0.1, 0.15) is 46.9 Å². The van der Waals surface area contributed by atoms with Gasteiger partial charge in [0.2, 0.25) is 0 Å². The Morgan fingerprint density at radius 3 is 1.67 bits per heavy atom. The van der Waals surface area contributed by atoms with Gasteiger partial charge < -0.3 is 19.8 Å². The Morgan fingerprint density at radius 1 is 1.11 bits per heavy atom.